The lowest BCUT2D eigenvalue weighted by Gasteiger charge is -2.14. The van der Waals surface area contributed by atoms with Crippen LogP contribution in [0, 0.1) is 5.82 Å². The number of aryl methyl sites for hydroxylation is 1. The summed E-state index contributed by atoms with van der Waals surface area (Å²) in [6.45, 7) is 4.26. The maximum Gasteiger partial charge on any atom is 0.208 e. The number of oxazole rings is 1. The third kappa shape index (κ3) is 3.32. The minimum absolute atomic E-state index is 0.0723. The number of aromatic nitrogens is 1. The van der Waals surface area contributed by atoms with E-state index in [4.69, 9.17) is 4.42 Å². The van der Waals surface area contributed by atoms with Crippen molar-refractivity contribution in [3.63, 3.8) is 0 Å². The van der Waals surface area contributed by atoms with Crippen LogP contribution in [-0.2, 0) is 13.0 Å². The molecule has 0 aliphatic heterocycles. The van der Waals surface area contributed by atoms with Gasteiger partial charge in [0, 0.05) is 18.0 Å². The van der Waals surface area contributed by atoms with Crippen LogP contribution in [0.15, 0.2) is 28.8 Å². The zero-order valence-electron chi connectivity index (χ0n) is 11.0. The Labute approximate surface area is 111 Å². The number of hydrogen-bond donors (Lipinski definition) is 2. The smallest absolute Gasteiger partial charge is 0.208 e. The van der Waals surface area contributed by atoms with Crippen LogP contribution in [0.4, 0.5) is 4.39 Å². The molecule has 0 amide bonds. The second kappa shape index (κ2) is 5.84. The molecule has 0 bridgehead atoms. The summed E-state index contributed by atoms with van der Waals surface area (Å²) >= 11 is 0. The van der Waals surface area contributed by atoms with Gasteiger partial charge < -0.3 is 14.8 Å². The van der Waals surface area contributed by atoms with E-state index in [1.54, 1.807) is 6.20 Å². The molecule has 0 spiro atoms. The van der Waals surface area contributed by atoms with E-state index in [0.29, 0.717) is 18.0 Å². The largest absolute Gasteiger partial charge is 0.508 e. The average molecular weight is 264 g/mol. The highest BCUT2D eigenvalue weighted by molar-refractivity contribution is 5.34. The highest BCUT2D eigenvalue weighted by Crippen LogP contribution is 2.24. The molecule has 4 nitrogen and oxygen atoms in total. The normalized spacial score (nSPS) is 12.6. The fourth-order valence-corrected chi connectivity index (χ4v) is 1.82. The molecular weight excluding hydrogens is 247 g/mol. The first-order chi connectivity index (χ1) is 9.10. The first-order valence-electron chi connectivity index (χ1n) is 6.25. The molecule has 0 aliphatic carbocycles. The number of benzene rings is 1. The summed E-state index contributed by atoms with van der Waals surface area (Å²) in [5.74, 6) is 1.12. The van der Waals surface area contributed by atoms with Crippen molar-refractivity contribution in [3.8, 4) is 5.75 Å². The van der Waals surface area contributed by atoms with Crippen molar-refractivity contribution >= 4 is 0 Å². The van der Waals surface area contributed by atoms with Crippen molar-refractivity contribution in [2.75, 3.05) is 0 Å². The van der Waals surface area contributed by atoms with Gasteiger partial charge in [-0.15, -0.1) is 0 Å². The molecule has 5 heteroatoms. The highest BCUT2D eigenvalue weighted by atomic mass is 19.1. The van der Waals surface area contributed by atoms with Crippen molar-refractivity contribution in [2.45, 2.75) is 32.9 Å². The fourth-order valence-electron chi connectivity index (χ4n) is 1.82. The first-order valence-corrected chi connectivity index (χ1v) is 6.25. The van der Waals surface area contributed by atoms with Gasteiger partial charge in [0.2, 0.25) is 5.89 Å². The molecule has 102 valence electrons. The van der Waals surface area contributed by atoms with Crippen LogP contribution in [-0.4, -0.2) is 10.1 Å². The summed E-state index contributed by atoms with van der Waals surface area (Å²) in [7, 11) is 0. The Hall–Kier alpha value is -1.88. The number of hydrogen-bond acceptors (Lipinski definition) is 4. The van der Waals surface area contributed by atoms with Gasteiger partial charge in [-0.1, -0.05) is 6.92 Å². The standard InChI is InChI=1S/C14H17FN2O2/c1-3-11-7-17-14(19-11)8-16-9(2)12-6-10(15)4-5-13(12)18/h4-7,9,16,18H,3,8H2,1-2H3. The summed E-state index contributed by atoms with van der Waals surface area (Å²) in [6, 6.07) is 3.70. The van der Waals surface area contributed by atoms with E-state index < -0.39 is 0 Å². The lowest BCUT2D eigenvalue weighted by atomic mass is 10.1. The molecule has 0 aliphatic rings. The van der Waals surface area contributed by atoms with Gasteiger partial charge in [-0.3, -0.25) is 0 Å². The van der Waals surface area contributed by atoms with Gasteiger partial charge in [0.05, 0.1) is 12.7 Å². The van der Waals surface area contributed by atoms with Gasteiger partial charge >= 0.3 is 0 Å². The van der Waals surface area contributed by atoms with Crippen LogP contribution in [0.5, 0.6) is 5.75 Å². The van der Waals surface area contributed by atoms with E-state index in [9.17, 15) is 9.50 Å². The molecule has 0 fully saturated rings. The van der Waals surface area contributed by atoms with E-state index in [0.717, 1.165) is 12.2 Å². The minimum atomic E-state index is -0.370. The van der Waals surface area contributed by atoms with Gasteiger partial charge in [-0.2, -0.15) is 0 Å². The van der Waals surface area contributed by atoms with Gasteiger partial charge in [0.15, 0.2) is 0 Å². The quantitative estimate of drug-likeness (QED) is 0.871. The van der Waals surface area contributed by atoms with Crippen molar-refractivity contribution < 1.29 is 13.9 Å². The Balaban J connectivity index is 2.00. The number of phenolic OH excluding ortho intramolecular Hbond substituents is 1. The lowest BCUT2D eigenvalue weighted by molar-refractivity contribution is 0.413. The van der Waals surface area contributed by atoms with Gasteiger partial charge in [0.1, 0.15) is 17.3 Å². The summed E-state index contributed by atoms with van der Waals surface area (Å²) in [4.78, 5) is 4.13. The first kappa shape index (κ1) is 13.5. The van der Waals surface area contributed by atoms with E-state index in [2.05, 4.69) is 10.3 Å². The molecule has 0 radical (unpaired) electrons. The van der Waals surface area contributed by atoms with Crippen LogP contribution >= 0.6 is 0 Å². The van der Waals surface area contributed by atoms with E-state index >= 15 is 0 Å². The molecule has 1 heterocycles. The van der Waals surface area contributed by atoms with Crippen LogP contribution in [0.3, 0.4) is 0 Å². The molecular formula is C14H17FN2O2. The van der Waals surface area contributed by atoms with Crippen molar-refractivity contribution in [2.24, 2.45) is 0 Å². The Kier molecular flexibility index (Phi) is 4.16. The molecule has 2 aromatic rings. The third-order valence-corrected chi connectivity index (χ3v) is 2.97. The Morgan fingerprint density at radius 3 is 2.95 bits per heavy atom. The third-order valence-electron chi connectivity index (χ3n) is 2.97. The average Bonchev–Trinajstić information content (AvgIpc) is 2.87. The SMILES string of the molecule is CCc1cnc(CNC(C)c2cc(F)ccc2O)o1. The zero-order valence-corrected chi connectivity index (χ0v) is 11.0. The van der Waals surface area contributed by atoms with Gasteiger partial charge in [-0.25, -0.2) is 9.37 Å². The fraction of sp³-hybridized carbons (Fsp3) is 0.357. The van der Waals surface area contributed by atoms with Crippen LogP contribution in [0.2, 0.25) is 0 Å². The van der Waals surface area contributed by atoms with Crippen LogP contribution < -0.4 is 5.32 Å². The number of aromatic hydroxyl groups is 1. The number of nitrogens with zero attached hydrogens (tertiary/aromatic N) is 1. The van der Waals surface area contributed by atoms with Gasteiger partial charge in [-0.05, 0) is 25.1 Å². The van der Waals surface area contributed by atoms with Crippen LogP contribution in [0.1, 0.15) is 37.1 Å². The molecule has 0 saturated heterocycles. The molecule has 2 rings (SSSR count). The topological polar surface area (TPSA) is 58.3 Å². The summed E-state index contributed by atoms with van der Waals surface area (Å²) in [6.07, 6.45) is 2.49. The Morgan fingerprint density at radius 1 is 1.47 bits per heavy atom. The van der Waals surface area contributed by atoms with Crippen LogP contribution in [0.25, 0.3) is 0 Å². The molecule has 0 saturated carbocycles. The van der Waals surface area contributed by atoms with E-state index in [1.807, 2.05) is 13.8 Å². The molecule has 1 aromatic heterocycles. The van der Waals surface area contributed by atoms with Gasteiger partial charge in [0.25, 0.3) is 0 Å². The molecule has 1 aromatic carbocycles. The Bertz CT molecular complexity index is 554. The van der Waals surface area contributed by atoms with Crippen molar-refractivity contribution in [1.29, 1.82) is 0 Å². The number of rotatable bonds is 5. The monoisotopic (exact) mass is 264 g/mol. The summed E-state index contributed by atoms with van der Waals surface area (Å²) in [5.41, 5.74) is 0.516. The molecule has 1 unspecified atom stereocenters. The second-order valence-corrected chi connectivity index (χ2v) is 4.38. The number of halogens is 1. The molecule has 1 atom stereocenters. The van der Waals surface area contributed by atoms with Crippen molar-refractivity contribution in [3.05, 3.63) is 47.4 Å². The summed E-state index contributed by atoms with van der Waals surface area (Å²) < 4.78 is 18.6. The zero-order chi connectivity index (χ0) is 13.8. The van der Waals surface area contributed by atoms with Crippen molar-refractivity contribution in [1.82, 2.24) is 10.3 Å². The predicted octanol–water partition coefficient (Wildman–Crippen LogP) is 2.93. The molecule has 19 heavy (non-hydrogen) atoms. The maximum atomic E-state index is 13.2. The maximum absolute atomic E-state index is 13.2. The lowest BCUT2D eigenvalue weighted by Crippen LogP contribution is -2.18. The van der Waals surface area contributed by atoms with E-state index in [1.165, 1.54) is 18.2 Å². The predicted molar refractivity (Wildman–Crippen MR) is 69.2 cm³/mol. The number of nitrogens with one attached hydrogen (secondary N) is 1. The number of phenols is 1. The highest BCUT2D eigenvalue weighted by Gasteiger charge is 2.12. The summed E-state index contributed by atoms with van der Waals surface area (Å²) in [5, 5.41) is 12.8. The molecule has 2 N–H and O–H groups in total. The van der Waals surface area contributed by atoms with E-state index in [-0.39, 0.29) is 17.6 Å². The second-order valence-electron chi connectivity index (χ2n) is 4.38. The minimum Gasteiger partial charge on any atom is -0.508 e. The Morgan fingerprint density at radius 2 is 2.26 bits per heavy atom.